The van der Waals surface area contributed by atoms with Gasteiger partial charge in [0.25, 0.3) is 11.5 Å². The lowest BCUT2D eigenvalue weighted by molar-refractivity contribution is 0.0943. The number of benzene rings is 1. The number of thiazole rings is 1. The summed E-state index contributed by atoms with van der Waals surface area (Å²) < 4.78 is 15.1. The molecule has 10 heteroatoms. The van der Waals surface area contributed by atoms with E-state index in [1.807, 2.05) is 6.92 Å². The van der Waals surface area contributed by atoms with Crippen LogP contribution in [0.1, 0.15) is 45.2 Å². The number of rotatable bonds is 4. The van der Waals surface area contributed by atoms with E-state index in [0.29, 0.717) is 32.4 Å². The highest BCUT2D eigenvalue weighted by atomic mass is 35.5. The monoisotopic (exact) mass is 468 g/mol. The van der Waals surface area contributed by atoms with Crippen LogP contribution in [0.4, 0.5) is 4.39 Å². The lowest BCUT2D eigenvalue weighted by Crippen LogP contribution is -2.26. The van der Waals surface area contributed by atoms with Crippen molar-refractivity contribution >= 4 is 40.4 Å². The number of nitrogens with one attached hydrogen (secondary N) is 1. The maximum atomic E-state index is 13.8. The Hall–Kier alpha value is -2.29. The van der Waals surface area contributed by atoms with Crippen LogP contribution in [-0.2, 0) is 7.05 Å². The van der Waals surface area contributed by atoms with Crippen LogP contribution in [0.15, 0.2) is 16.9 Å². The molecule has 6 nitrogen and oxygen atoms in total. The third kappa shape index (κ3) is 4.12. The molecule has 1 aromatic carbocycles. The molecule has 1 unspecified atom stereocenters. The molecule has 3 rings (SSSR count). The second-order valence-electron chi connectivity index (χ2n) is 6.93. The fourth-order valence-electron chi connectivity index (χ4n) is 3.02. The van der Waals surface area contributed by atoms with Gasteiger partial charge in [-0.25, -0.2) is 14.1 Å². The molecule has 0 fully saturated rings. The van der Waals surface area contributed by atoms with Crippen LogP contribution in [0.25, 0.3) is 10.6 Å². The maximum absolute atomic E-state index is 13.8. The molecule has 0 bridgehead atoms. The predicted octanol–water partition coefficient (Wildman–Crippen LogP) is 4.77. The SMILES string of the molecule is Cc1nc(-c2c(C)c(C)nn(C)c2=O)sc1C(=O)NC(C)c1cc(F)c(Cl)cc1Cl. The van der Waals surface area contributed by atoms with Crippen molar-refractivity contribution in [1.82, 2.24) is 20.1 Å². The summed E-state index contributed by atoms with van der Waals surface area (Å²) >= 11 is 13.0. The Balaban J connectivity index is 1.94. The fraction of sp³-hybridized carbons (Fsp3) is 0.300. The van der Waals surface area contributed by atoms with Gasteiger partial charge in [-0.15, -0.1) is 11.3 Å². The summed E-state index contributed by atoms with van der Waals surface area (Å²) in [6, 6.07) is 1.93. The average Bonchev–Trinajstić information content (AvgIpc) is 3.04. The van der Waals surface area contributed by atoms with Gasteiger partial charge in [0.15, 0.2) is 0 Å². The first-order valence-electron chi connectivity index (χ1n) is 8.98. The number of hydrogen-bond donors (Lipinski definition) is 1. The number of carbonyl (C=O) groups is 1. The van der Waals surface area contributed by atoms with Gasteiger partial charge in [0.05, 0.1) is 28.0 Å². The van der Waals surface area contributed by atoms with Gasteiger partial charge in [-0.2, -0.15) is 5.10 Å². The highest BCUT2D eigenvalue weighted by Gasteiger charge is 2.23. The summed E-state index contributed by atoms with van der Waals surface area (Å²) in [5, 5.41) is 7.58. The van der Waals surface area contributed by atoms with Gasteiger partial charge in [0.2, 0.25) is 0 Å². The molecule has 0 spiro atoms. The first-order valence-corrected chi connectivity index (χ1v) is 10.6. The minimum Gasteiger partial charge on any atom is -0.345 e. The van der Waals surface area contributed by atoms with Crippen LogP contribution >= 0.6 is 34.5 Å². The van der Waals surface area contributed by atoms with Crippen molar-refractivity contribution in [3.8, 4) is 10.6 Å². The molecule has 158 valence electrons. The molecule has 0 aliphatic heterocycles. The predicted molar refractivity (Wildman–Crippen MR) is 117 cm³/mol. The van der Waals surface area contributed by atoms with Crippen LogP contribution in [0.5, 0.6) is 0 Å². The van der Waals surface area contributed by atoms with Gasteiger partial charge in [0, 0.05) is 12.1 Å². The number of carbonyl (C=O) groups excluding carboxylic acids is 1. The Bertz CT molecular complexity index is 1220. The molecular formula is C20H19Cl2FN4O2S. The molecule has 2 heterocycles. The molecule has 1 N–H and O–H groups in total. The second-order valence-corrected chi connectivity index (χ2v) is 8.74. The minimum atomic E-state index is -0.618. The maximum Gasteiger partial charge on any atom is 0.277 e. The molecule has 2 aromatic heterocycles. The zero-order chi connectivity index (χ0) is 22.3. The number of nitrogens with zero attached hydrogens (tertiary/aromatic N) is 3. The Labute approximate surface area is 186 Å². The number of amides is 1. The van der Waals surface area contributed by atoms with E-state index in [0.717, 1.165) is 16.9 Å². The summed E-state index contributed by atoms with van der Waals surface area (Å²) in [5.41, 5.74) is 2.46. The molecule has 0 saturated carbocycles. The van der Waals surface area contributed by atoms with Crippen molar-refractivity contribution in [3.05, 3.63) is 65.7 Å². The molecule has 0 aliphatic carbocycles. The summed E-state index contributed by atoms with van der Waals surface area (Å²) in [7, 11) is 1.57. The second kappa shape index (κ2) is 8.45. The zero-order valence-electron chi connectivity index (χ0n) is 16.9. The van der Waals surface area contributed by atoms with Crippen LogP contribution in [0.2, 0.25) is 10.0 Å². The highest BCUT2D eigenvalue weighted by molar-refractivity contribution is 7.17. The summed E-state index contributed by atoms with van der Waals surface area (Å²) in [6.45, 7) is 7.00. The number of halogens is 3. The molecule has 0 radical (unpaired) electrons. The van der Waals surface area contributed by atoms with Gasteiger partial charge in [0.1, 0.15) is 15.7 Å². The van der Waals surface area contributed by atoms with E-state index in [1.54, 1.807) is 27.8 Å². The van der Waals surface area contributed by atoms with Crippen molar-refractivity contribution < 1.29 is 9.18 Å². The van der Waals surface area contributed by atoms with Crippen molar-refractivity contribution in [2.24, 2.45) is 7.05 Å². The van der Waals surface area contributed by atoms with Gasteiger partial charge < -0.3 is 5.32 Å². The minimum absolute atomic E-state index is 0.0881. The standard InChI is InChI=1S/C20H19Cl2FN4O2S/c1-8-9(2)26-27(5)20(29)16(8)19-25-11(4)17(30-19)18(28)24-10(3)12-6-15(23)14(22)7-13(12)21/h6-7,10H,1-5H3,(H,24,28). The van der Waals surface area contributed by atoms with E-state index in [-0.39, 0.29) is 15.6 Å². The molecule has 1 atom stereocenters. The lowest BCUT2D eigenvalue weighted by Gasteiger charge is -2.16. The Morgan fingerprint density at radius 2 is 1.87 bits per heavy atom. The Kier molecular flexibility index (Phi) is 6.31. The van der Waals surface area contributed by atoms with Crippen LogP contribution in [0, 0.1) is 26.6 Å². The van der Waals surface area contributed by atoms with Crippen molar-refractivity contribution in [3.63, 3.8) is 0 Å². The number of aromatic nitrogens is 3. The summed E-state index contributed by atoms with van der Waals surface area (Å²) in [6.07, 6.45) is 0. The summed E-state index contributed by atoms with van der Waals surface area (Å²) in [4.78, 5) is 30.3. The highest BCUT2D eigenvalue weighted by Crippen LogP contribution is 2.31. The third-order valence-corrected chi connectivity index (χ3v) is 6.59. The van der Waals surface area contributed by atoms with Crippen molar-refractivity contribution in [1.29, 1.82) is 0 Å². The van der Waals surface area contributed by atoms with Gasteiger partial charge in [-0.1, -0.05) is 23.2 Å². The number of hydrogen-bond acceptors (Lipinski definition) is 5. The van der Waals surface area contributed by atoms with Crippen LogP contribution in [-0.4, -0.2) is 20.7 Å². The van der Waals surface area contributed by atoms with E-state index in [1.165, 1.54) is 16.8 Å². The van der Waals surface area contributed by atoms with Crippen molar-refractivity contribution in [2.75, 3.05) is 0 Å². The molecule has 0 saturated heterocycles. The normalized spacial score (nSPS) is 12.1. The molecule has 3 aromatic rings. The van der Waals surface area contributed by atoms with E-state index >= 15 is 0 Å². The smallest absolute Gasteiger partial charge is 0.277 e. The third-order valence-electron chi connectivity index (χ3n) is 4.80. The lowest BCUT2D eigenvalue weighted by atomic mass is 10.1. The van der Waals surface area contributed by atoms with E-state index in [2.05, 4.69) is 15.4 Å². The van der Waals surface area contributed by atoms with E-state index in [4.69, 9.17) is 23.2 Å². The Morgan fingerprint density at radius 1 is 1.20 bits per heavy atom. The first kappa shape index (κ1) is 22.4. The van der Waals surface area contributed by atoms with E-state index < -0.39 is 17.8 Å². The van der Waals surface area contributed by atoms with Crippen LogP contribution in [0.3, 0.4) is 0 Å². The summed E-state index contributed by atoms with van der Waals surface area (Å²) in [5.74, 6) is -1.01. The van der Waals surface area contributed by atoms with E-state index in [9.17, 15) is 14.0 Å². The van der Waals surface area contributed by atoms with Gasteiger partial charge in [-0.3, -0.25) is 9.59 Å². The Morgan fingerprint density at radius 3 is 2.53 bits per heavy atom. The van der Waals surface area contributed by atoms with Crippen LogP contribution < -0.4 is 10.9 Å². The molecule has 1 amide bonds. The topological polar surface area (TPSA) is 76.9 Å². The quantitative estimate of drug-likeness (QED) is 0.559. The molecule has 30 heavy (non-hydrogen) atoms. The van der Waals surface area contributed by atoms with Crippen molar-refractivity contribution in [2.45, 2.75) is 33.7 Å². The van der Waals surface area contributed by atoms with Gasteiger partial charge in [-0.05, 0) is 51.0 Å². The average molecular weight is 469 g/mol. The fourth-order valence-corrected chi connectivity index (χ4v) is 4.63. The first-order chi connectivity index (χ1) is 14.0. The molecule has 0 aliphatic rings. The van der Waals surface area contributed by atoms with Gasteiger partial charge >= 0.3 is 0 Å². The molecular weight excluding hydrogens is 450 g/mol. The largest absolute Gasteiger partial charge is 0.345 e. The number of aryl methyl sites for hydroxylation is 3. The zero-order valence-corrected chi connectivity index (χ0v) is 19.3.